The van der Waals surface area contributed by atoms with Gasteiger partial charge in [0.2, 0.25) is 0 Å². The summed E-state index contributed by atoms with van der Waals surface area (Å²) >= 11 is 5.77. The number of rotatable bonds is 7. The topological polar surface area (TPSA) is 90.6 Å². The van der Waals surface area contributed by atoms with E-state index < -0.39 is 18.5 Å². The number of nitrogen functional groups attached to an aromatic ring is 1. The van der Waals surface area contributed by atoms with Crippen molar-refractivity contribution in [2.75, 3.05) is 25.5 Å². The molecular weight excluding hydrogens is 356 g/mol. The minimum Gasteiger partial charge on any atom is -0.491 e. The number of esters is 1. The standard InChI is InChI=1S/C19H21ClN2O4/c1-12-3-6-17(13(2)9-12)25-8-7-22-18(23)11-26-19(24)15-5-4-14(20)10-16(15)21/h3-6,9-10H,7-8,11,21H2,1-2H3,(H,22,23). The zero-order chi connectivity index (χ0) is 19.1. The summed E-state index contributed by atoms with van der Waals surface area (Å²) in [6.45, 7) is 4.18. The summed E-state index contributed by atoms with van der Waals surface area (Å²) in [7, 11) is 0. The third kappa shape index (κ3) is 5.67. The van der Waals surface area contributed by atoms with Crippen LogP contribution in [0.2, 0.25) is 5.02 Å². The SMILES string of the molecule is Cc1ccc(OCCNC(=O)COC(=O)c2ccc(Cl)cc2N)c(C)c1. The first kappa shape index (κ1) is 19.6. The summed E-state index contributed by atoms with van der Waals surface area (Å²) in [4.78, 5) is 23.7. The fourth-order valence-corrected chi connectivity index (χ4v) is 2.47. The van der Waals surface area contributed by atoms with Crippen molar-refractivity contribution in [2.45, 2.75) is 13.8 Å². The second-order valence-corrected chi connectivity index (χ2v) is 6.21. The Morgan fingerprint density at radius 1 is 1.15 bits per heavy atom. The average Bonchev–Trinajstić information content (AvgIpc) is 2.58. The Morgan fingerprint density at radius 2 is 1.92 bits per heavy atom. The smallest absolute Gasteiger partial charge is 0.340 e. The van der Waals surface area contributed by atoms with Crippen LogP contribution in [0, 0.1) is 13.8 Å². The van der Waals surface area contributed by atoms with Crippen LogP contribution >= 0.6 is 11.6 Å². The number of nitrogens with two attached hydrogens (primary N) is 1. The van der Waals surface area contributed by atoms with Crippen LogP contribution < -0.4 is 15.8 Å². The summed E-state index contributed by atoms with van der Waals surface area (Å²) in [6, 6.07) is 10.3. The summed E-state index contributed by atoms with van der Waals surface area (Å²) in [5.74, 6) is -0.328. The van der Waals surface area contributed by atoms with Crippen LogP contribution in [0.25, 0.3) is 0 Å². The van der Waals surface area contributed by atoms with E-state index in [0.29, 0.717) is 18.2 Å². The number of carbonyl (C=O) groups is 2. The molecule has 2 rings (SSSR count). The molecule has 6 nitrogen and oxygen atoms in total. The van der Waals surface area contributed by atoms with Gasteiger partial charge in [-0.3, -0.25) is 4.79 Å². The Labute approximate surface area is 157 Å². The third-order valence-corrected chi connectivity index (χ3v) is 3.82. The Balaban J connectivity index is 1.71. The summed E-state index contributed by atoms with van der Waals surface area (Å²) in [5, 5.41) is 3.04. The van der Waals surface area contributed by atoms with Crippen molar-refractivity contribution in [3.05, 3.63) is 58.1 Å². The lowest BCUT2D eigenvalue weighted by atomic mass is 10.1. The molecule has 3 N–H and O–H groups in total. The number of nitrogens with one attached hydrogen (secondary N) is 1. The molecule has 138 valence electrons. The van der Waals surface area contributed by atoms with Crippen molar-refractivity contribution < 1.29 is 19.1 Å². The van der Waals surface area contributed by atoms with Crippen molar-refractivity contribution in [3.8, 4) is 5.75 Å². The number of ether oxygens (including phenoxy) is 2. The lowest BCUT2D eigenvalue weighted by molar-refractivity contribution is -0.124. The first-order valence-electron chi connectivity index (χ1n) is 8.05. The number of benzene rings is 2. The molecule has 0 heterocycles. The lowest BCUT2D eigenvalue weighted by Gasteiger charge is -2.11. The normalized spacial score (nSPS) is 10.3. The average molecular weight is 377 g/mol. The highest BCUT2D eigenvalue weighted by molar-refractivity contribution is 6.31. The molecule has 0 radical (unpaired) electrons. The van der Waals surface area contributed by atoms with Crippen molar-refractivity contribution >= 4 is 29.2 Å². The molecule has 0 aromatic heterocycles. The van der Waals surface area contributed by atoms with Crippen molar-refractivity contribution in [2.24, 2.45) is 0 Å². The van der Waals surface area contributed by atoms with E-state index in [1.54, 1.807) is 0 Å². The maximum absolute atomic E-state index is 11.9. The molecule has 2 aromatic rings. The van der Waals surface area contributed by atoms with Crippen LogP contribution in [0.3, 0.4) is 0 Å². The van der Waals surface area contributed by atoms with E-state index >= 15 is 0 Å². The summed E-state index contributed by atoms with van der Waals surface area (Å²) < 4.78 is 10.6. The molecule has 7 heteroatoms. The van der Waals surface area contributed by atoms with Gasteiger partial charge in [0.25, 0.3) is 5.91 Å². The second-order valence-electron chi connectivity index (χ2n) is 5.78. The van der Waals surface area contributed by atoms with Crippen LogP contribution in [-0.4, -0.2) is 31.6 Å². The maximum atomic E-state index is 11.9. The number of carbonyl (C=O) groups excluding carboxylic acids is 2. The van der Waals surface area contributed by atoms with Gasteiger partial charge in [-0.15, -0.1) is 0 Å². The molecule has 0 aliphatic carbocycles. The number of aryl methyl sites for hydroxylation is 2. The second kappa shape index (κ2) is 9.10. The Morgan fingerprint density at radius 3 is 2.62 bits per heavy atom. The minimum atomic E-state index is -0.680. The molecular formula is C19H21ClN2O4. The first-order chi connectivity index (χ1) is 12.4. The van der Waals surface area contributed by atoms with Crippen LogP contribution in [-0.2, 0) is 9.53 Å². The molecule has 0 spiro atoms. The van der Waals surface area contributed by atoms with Crippen LogP contribution in [0.5, 0.6) is 5.75 Å². The maximum Gasteiger partial charge on any atom is 0.340 e. The molecule has 0 atom stereocenters. The highest BCUT2D eigenvalue weighted by Crippen LogP contribution is 2.19. The molecule has 1 amide bonds. The molecule has 0 aliphatic heterocycles. The van der Waals surface area contributed by atoms with Gasteiger partial charge in [-0.2, -0.15) is 0 Å². The van der Waals surface area contributed by atoms with E-state index in [-0.39, 0.29) is 11.3 Å². The molecule has 0 unspecified atom stereocenters. The monoisotopic (exact) mass is 376 g/mol. The van der Waals surface area contributed by atoms with Crippen molar-refractivity contribution in [1.82, 2.24) is 5.32 Å². The summed E-state index contributed by atoms with van der Waals surface area (Å²) in [5.41, 5.74) is 8.26. The minimum absolute atomic E-state index is 0.167. The van der Waals surface area contributed by atoms with Gasteiger partial charge in [0.1, 0.15) is 12.4 Å². The number of amides is 1. The predicted octanol–water partition coefficient (Wildman–Crippen LogP) is 2.89. The highest BCUT2D eigenvalue weighted by Gasteiger charge is 2.13. The zero-order valence-electron chi connectivity index (χ0n) is 14.7. The molecule has 26 heavy (non-hydrogen) atoms. The van der Waals surface area contributed by atoms with Gasteiger partial charge < -0.3 is 20.5 Å². The van der Waals surface area contributed by atoms with E-state index in [9.17, 15) is 9.59 Å². The lowest BCUT2D eigenvalue weighted by Crippen LogP contribution is -2.32. The quantitative estimate of drug-likeness (QED) is 0.440. The first-order valence-corrected chi connectivity index (χ1v) is 8.43. The van der Waals surface area contributed by atoms with Gasteiger partial charge in [-0.1, -0.05) is 29.3 Å². The molecule has 0 saturated carbocycles. The predicted molar refractivity (Wildman–Crippen MR) is 101 cm³/mol. The zero-order valence-corrected chi connectivity index (χ0v) is 15.4. The Hall–Kier alpha value is -2.73. The number of anilines is 1. The van der Waals surface area contributed by atoms with E-state index in [2.05, 4.69) is 5.32 Å². The molecule has 0 aliphatic rings. The number of hydrogen-bond donors (Lipinski definition) is 2. The largest absolute Gasteiger partial charge is 0.491 e. The third-order valence-electron chi connectivity index (χ3n) is 3.58. The Kier molecular flexibility index (Phi) is 6.86. The van der Waals surface area contributed by atoms with Crippen LogP contribution in [0.4, 0.5) is 5.69 Å². The van der Waals surface area contributed by atoms with Gasteiger partial charge in [-0.05, 0) is 43.7 Å². The van der Waals surface area contributed by atoms with Gasteiger partial charge in [0, 0.05) is 10.7 Å². The van der Waals surface area contributed by atoms with Crippen LogP contribution in [0.1, 0.15) is 21.5 Å². The fraction of sp³-hybridized carbons (Fsp3) is 0.263. The summed E-state index contributed by atoms with van der Waals surface area (Å²) in [6.07, 6.45) is 0. The number of hydrogen-bond acceptors (Lipinski definition) is 5. The van der Waals surface area contributed by atoms with Gasteiger partial charge in [-0.25, -0.2) is 4.79 Å². The van der Waals surface area contributed by atoms with Crippen molar-refractivity contribution in [1.29, 1.82) is 0 Å². The fourth-order valence-electron chi connectivity index (χ4n) is 2.29. The number of halogens is 1. The highest BCUT2D eigenvalue weighted by atomic mass is 35.5. The van der Waals surface area contributed by atoms with Gasteiger partial charge in [0.15, 0.2) is 6.61 Å². The molecule has 0 fully saturated rings. The molecule has 0 bridgehead atoms. The van der Waals surface area contributed by atoms with E-state index in [4.69, 9.17) is 26.8 Å². The van der Waals surface area contributed by atoms with Crippen molar-refractivity contribution in [3.63, 3.8) is 0 Å². The van der Waals surface area contributed by atoms with E-state index in [0.717, 1.165) is 16.9 Å². The molecule has 2 aromatic carbocycles. The Bertz CT molecular complexity index is 808. The van der Waals surface area contributed by atoms with Gasteiger partial charge >= 0.3 is 5.97 Å². The van der Waals surface area contributed by atoms with E-state index in [1.807, 2.05) is 32.0 Å². The van der Waals surface area contributed by atoms with E-state index in [1.165, 1.54) is 18.2 Å². The van der Waals surface area contributed by atoms with Crippen LogP contribution in [0.15, 0.2) is 36.4 Å². The van der Waals surface area contributed by atoms with Gasteiger partial charge in [0.05, 0.1) is 12.1 Å². The molecule has 0 saturated heterocycles.